The van der Waals surface area contributed by atoms with Crippen molar-refractivity contribution < 1.29 is 9.13 Å². The van der Waals surface area contributed by atoms with Crippen LogP contribution in [-0.2, 0) is 4.74 Å². The maximum absolute atomic E-state index is 14.1. The summed E-state index contributed by atoms with van der Waals surface area (Å²) in [7, 11) is 0. The molecule has 2 nitrogen and oxygen atoms in total. The Kier molecular flexibility index (Phi) is 5.34. The van der Waals surface area contributed by atoms with Crippen molar-refractivity contribution in [2.75, 3.05) is 19.8 Å². The van der Waals surface area contributed by atoms with Crippen molar-refractivity contribution in [3.05, 3.63) is 35.1 Å². The van der Waals surface area contributed by atoms with Gasteiger partial charge in [-0.25, -0.2) is 4.39 Å². The molecule has 1 fully saturated rings. The lowest BCUT2D eigenvalue weighted by Gasteiger charge is -2.32. The summed E-state index contributed by atoms with van der Waals surface area (Å²) in [5, 5.41) is 3.53. The van der Waals surface area contributed by atoms with Crippen LogP contribution in [0.2, 0.25) is 0 Å². The molecular formula is C16H24FNO. The molecule has 0 radical (unpaired) electrons. The van der Waals surface area contributed by atoms with Gasteiger partial charge in [0.1, 0.15) is 5.82 Å². The average Bonchev–Trinajstić information content (AvgIpc) is 2.44. The minimum atomic E-state index is -0.0919. The van der Waals surface area contributed by atoms with Crippen LogP contribution in [0.15, 0.2) is 18.2 Å². The zero-order valence-corrected chi connectivity index (χ0v) is 11.9. The van der Waals surface area contributed by atoms with Gasteiger partial charge < -0.3 is 10.1 Å². The number of ether oxygens (including phenoxy) is 1. The molecule has 0 bridgehead atoms. The maximum atomic E-state index is 14.1. The molecule has 0 aromatic heterocycles. The van der Waals surface area contributed by atoms with Crippen LogP contribution in [0.4, 0.5) is 4.39 Å². The molecule has 1 atom stereocenters. The van der Waals surface area contributed by atoms with Gasteiger partial charge in [0.2, 0.25) is 0 Å². The summed E-state index contributed by atoms with van der Waals surface area (Å²) in [5.74, 6) is 0.377. The maximum Gasteiger partial charge on any atom is 0.128 e. The fraction of sp³-hybridized carbons (Fsp3) is 0.625. The van der Waals surface area contributed by atoms with Crippen molar-refractivity contribution in [3.8, 4) is 0 Å². The molecule has 1 aliphatic rings. The van der Waals surface area contributed by atoms with Crippen LogP contribution in [0.3, 0.4) is 0 Å². The Morgan fingerprint density at radius 2 is 2.11 bits per heavy atom. The van der Waals surface area contributed by atoms with Crippen molar-refractivity contribution in [1.29, 1.82) is 0 Å². The quantitative estimate of drug-likeness (QED) is 0.878. The van der Waals surface area contributed by atoms with E-state index in [1.54, 1.807) is 6.07 Å². The van der Waals surface area contributed by atoms with E-state index in [2.05, 4.69) is 12.2 Å². The summed E-state index contributed by atoms with van der Waals surface area (Å²) < 4.78 is 19.6. The SMILES string of the molecule is CCCNC(c1cc(C)ccc1F)C1CCOCC1. The fourth-order valence-corrected chi connectivity index (χ4v) is 2.78. The highest BCUT2D eigenvalue weighted by atomic mass is 19.1. The Balaban J connectivity index is 2.22. The van der Waals surface area contributed by atoms with Crippen LogP contribution < -0.4 is 5.32 Å². The molecule has 19 heavy (non-hydrogen) atoms. The van der Waals surface area contributed by atoms with Gasteiger partial charge in [-0.2, -0.15) is 0 Å². The summed E-state index contributed by atoms with van der Waals surface area (Å²) >= 11 is 0. The van der Waals surface area contributed by atoms with Gasteiger partial charge in [-0.05, 0) is 44.7 Å². The summed E-state index contributed by atoms with van der Waals surface area (Å²) in [6, 6.07) is 5.52. The van der Waals surface area contributed by atoms with E-state index in [1.165, 1.54) is 0 Å². The van der Waals surface area contributed by atoms with Crippen molar-refractivity contribution in [1.82, 2.24) is 5.32 Å². The average molecular weight is 265 g/mol. The monoisotopic (exact) mass is 265 g/mol. The van der Waals surface area contributed by atoms with Crippen LogP contribution in [0.25, 0.3) is 0 Å². The Bertz CT molecular complexity index is 402. The number of rotatable bonds is 5. The predicted octanol–water partition coefficient (Wildman–Crippen LogP) is 3.60. The number of benzene rings is 1. The zero-order chi connectivity index (χ0) is 13.7. The third-order valence-electron chi connectivity index (χ3n) is 3.84. The normalized spacial score (nSPS) is 18.5. The first kappa shape index (κ1) is 14.5. The van der Waals surface area contributed by atoms with Gasteiger partial charge in [-0.15, -0.1) is 0 Å². The van der Waals surface area contributed by atoms with E-state index in [-0.39, 0.29) is 11.9 Å². The molecule has 3 heteroatoms. The second-order valence-corrected chi connectivity index (χ2v) is 5.41. The molecule has 1 saturated heterocycles. The first-order chi connectivity index (χ1) is 9.22. The van der Waals surface area contributed by atoms with Crippen molar-refractivity contribution in [3.63, 3.8) is 0 Å². The molecule has 2 rings (SSSR count). The van der Waals surface area contributed by atoms with Crippen LogP contribution in [0.5, 0.6) is 0 Å². The van der Waals surface area contributed by atoms with E-state index in [0.717, 1.165) is 50.1 Å². The molecule has 1 aromatic carbocycles. The highest BCUT2D eigenvalue weighted by Crippen LogP contribution is 2.32. The van der Waals surface area contributed by atoms with Crippen molar-refractivity contribution >= 4 is 0 Å². The molecule has 1 aromatic rings. The first-order valence-electron chi connectivity index (χ1n) is 7.29. The van der Waals surface area contributed by atoms with Crippen molar-refractivity contribution in [2.45, 2.75) is 39.2 Å². The van der Waals surface area contributed by atoms with Gasteiger partial charge in [0.05, 0.1) is 0 Å². The molecule has 0 amide bonds. The summed E-state index contributed by atoms with van der Waals surface area (Å²) in [6.45, 7) is 6.67. The second kappa shape index (κ2) is 7.01. The molecule has 1 aliphatic heterocycles. The largest absolute Gasteiger partial charge is 0.381 e. The van der Waals surface area contributed by atoms with E-state index in [9.17, 15) is 4.39 Å². The molecule has 1 unspecified atom stereocenters. The van der Waals surface area contributed by atoms with E-state index >= 15 is 0 Å². The Labute approximate surface area is 115 Å². The Morgan fingerprint density at radius 1 is 1.37 bits per heavy atom. The number of halogens is 1. The van der Waals surface area contributed by atoms with Gasteiger partial charge in [0.15, 0.2) is 0 Å². The first-order valence-corrected chi connectivity index (χ1v) is 7.29. The standard InChI is InChI=1S/C16H24FNO/c1-3-8-18-16(13-6-9-19-10-7-13)14-11-12(2)4-5-15(14)17/h4-5,11,13,16,18H,3,6-10H2,1-2H3. The van der Waals surface area contributed by atoms with Gasteiger partial charge in [0, 0.05) is 24.8 Å². The van der Waals surface area contributed by atoms with E-state index < -0.39 is 0 Å². The van der Waals surface area contributed by atoms with Crippen LogP contribution in [0, 0.1) is 18.7 Å². The van der Waals surface area contributed by atoms with Crippen LogP contribution in [-0.4, -0.2) is 19.8 Å². The van der Waals surface area contributed by atoms with Gasteiger partial charge in [-0.3, -0.25) is 0 Å². The van der Waals surface area contributed by atoms with Gasteiger partial charge >= 0.3 is 0 Å². The topological polar surface area (TPSA) is 21.3 Å². The summed E-state index contributed by atoms with van der Waals surface area (Å²) in [5.41, 5.74) is 1.94. The lowest BCUT2D eigenvalue weighted by atomic mass is 9.86. The Hall–Kier alpha value is -0.930. The van der Waals surface area contributed by atoms with Gasteiger partial charge in [-0.1, -0.05) is 24.6 Å². The third-order valence-corrected chi connectivity index (χ3v) is 3.84. The molecular weight excluding hydrogens is 241 g/mol. The van der Waals surface area contributed by atoms with E-state index in [0.29, 0.717) is 5.92 Å². The van der Waals surface area contributed by atoms with Gasteiger partial charge in [0.25, 0.3) is 0 Å². The second-order valence-electron chi connectivity index (χ2n) is 5.41. The number of hydrogen-bond donors (Lipinski definition) is 1. The molecule has 106 valence electrons. The molecule has 1 heterocycles. The van der Waals surface area contributed by atoms with Crippen LogP contribution in [0.1, 0.15) is 43.4 Å². The highest BCUT2D eigenvalue weighted by molar-refractivity contribution is 5.27. The van der Waals surface area contributed by atoms with Crippen molar-refractivity contribution in [2.24, 2.45) is 5.92 Å². The number of nitrogens with one attached hydrogen (secondary N) is 1. The molecule has 0 spiro atoms. The number of hydrogen-bond acceptors (Lipinski definition) is 2. The van der Waals surface area contributed by atoms with E-state index in [1.807, 2.05) is 19.1 Å². The minimum Gasteiger partial charge on any atom is -0.381 e. The van der Waals surface area contributed by atoms with E-state index in [4.69, 9.17) is 4.74 Å². The lowest BCUT2D eigenvalue weighted by molar-refractivity contribution is 0.0531. The third kappa shape index (κ3) is 3.77. The fourth-order valence-electron chi connectivity index (χ4n) is 2.78. The molecule has 0 aliphatic carbocycles. The summed E-state index contributed by atoms with van der Waals surface area (Å²) in [4.78, 5) is 0. The summed E-state index contributed by atoms with van der Waals surface area (Å²) in [6.07, 6.45) is 3.08. The molecule has 0 saturated carbocycles. The van der Waals surface area contributed by atoms with Crippen LogP contribution >= 0.6 is 0 Å². The highest BCUT2D eigenvalue weighted by Gasteiger charge is 2.26. The molecule has 1 N–H and O–H groups in total. The Morgan fingerprint density at radius 3 is 2.79 bits per heavy atom. The number of aryl methyl sites for hydroxylation is 1. The predicted molar refractivity (Wildman–Crippen MR) is 75.7 cm³/mol. The zero-order valence-electron chi connectivity index (χ0n) is 11.9. The smallest absolute Gasteiger partial charge is 0.128 e. The lowest BCUT2D eigenvalue weighted by Crippen LogP contribution is -2.33. The minimum absolute atomic E-state index is 0.0919.